The third-order valence-electron chi connectivity index (χ3n) is 1.94. The van der Waals surface area contributed by atoms with E-state index in [1.165, 1.54) is 0 Å². The van der Waals surface area contributed by atoms with Crippen LogP contribution in [-0.2, 0) is 4.74 Å². The van der Waals surface area contributed by atoms with Gasteiger partial charge in [-0.05, 0) is 35.4 Å². The van der Waals surface area contributed by atoms with E-state index >= 15 is 0 Å². The maximum absolute atomic E-state index is 5.88. The van der Waals surface area contributed by atoms with Crippen molar-refractivity contribution in [1.82, 2.24) is 9.97 Å². The van der Waals surface area contributed by atoms with Crippen LogP contribution >= 0.6 is 34.2 Å². The molecule has 1 saturated heterocycles. The maximum Gasteiger partial charge on any atom is 0.158 e. The zero-order chi connectivity index (χ0) is 9.26. The molecule has 1 aliphatic rings. The molecule has 1 aliphatic heterocycles. The van der Waals surface area contributed by atoms with Crippen LogP contribution in [0.15, 0.2) is 6.20 Å². The second-order valence-corrected chi connectivity index (χ2v) is 4.39. The lowest BCUT2D eigenvalue weighted by Crippen LogP contribution is -2.03. The highest BCUT2D eigenvalue weighted by molar-refractivity contribution is 14.1. The van der Waals surface area contributed by atoms with Gasteiger partial charge in [0.25, 0.3) is 0 Å². The van der Waals surface area contributed by atoms with Crippen LogP contribution < -0.4 is 0 Å². The molecule has 2 heterocycles. The third-order valence-corrected chi connectivity index (χ3v) is 3.33. The van der Waals surface area contributed by atoms with Gasteiger partial charge >= 0.3 is 0 Å². The van der Waals surface area contributed by atoms with Gasteiger partial charge < -0.3 is 4.74 Å². The highest BCUT2D eigenvalue weighted by atomic mass is 127. The lowest BCUT2D eigenvalue weighted by molar-refractivity contribution is 0.105. The fourth-order valence-corrected chi connectivity index (χ4v) is 1.69. The van der Waals surface area contributed by atoms with Crippen molar-refractivity contribution in [3.8, 4) is 0 Å². The molecule has 1 aromatic heterocycles. The van der Waals surface area contributed by atoms with Gasteiger partial charge in [-0.15, -0.1) is 0 Å². The van der Waals surface area contributed by atoms with Crippen LogP contribution in [-0.4, -0.2) is 16.6 Å². The van der Waals surface area contributed by atoms with Crippen molar-refractivity contribution < 1.29 is 4.74 Å². The van der Waals surface area contributed by atoms with Gasteiger partial charge in [0.05, 0.1) is 3.57 Å². The first kappa shape index (κ1) is 9.61. The van der Waals surface area contributed by atoms with Crippen LogP contribution in [0.1, 0.15) is 24.8 Å². The summed E-state index contributed by atoms with van der Waals surface area (Å²) >= 11 is 7.98. The molecule has 3 nitrogen and oxygen atoms in total. The molecule has 0 amide bonds. The van der Waals surface area contributed by atoms with E-state index in [-0.39, 0.29) is 6.10 Å². The molecule has 0 bridgehead atoms. The number of ether oxygens (including phenoxy) is 1. The molecule has 70 valence electrons. The lowest BCUT2D eigenvalue weighted by atomic mass is 10.2. The highest BCUT2D eigenvalue weighted by Gasteiger charge is 2.20. The first-order chi connectivity index (χ1) is 6.27. The minimum Gasteiger partial charge on any atom is -0.370 e. The quantitative estimate of drug-likeness (QED) is 0.591. The summed E-state index contributed by atoms with van der Waals surface area (Å²) in [5, 5.41) is 0.515. The number of halogens is 2. The summed E-state index contributed by atoms with van der Waals surface area (Å²) in [6, 6.07) is 0. The summed E-state index contributed by atoms with van der Waals surface area (Å²) in [6.07, 6.45) is 3.86. The van der Waals surface area contributed by atoms with Crippen molar-refractivity contribution in [2.45, 2.75) is 18.9 Å². The Kier molecular flexibility index (Phi) is 3.00. The summed E-state index contributed by atoms with van der Waals surface area (Å²) in [5.74, 6) is 0.711. The van der Waals surface area contributed by atoms with E-state index in [4.69, 9.17) is 16.3 Å². The van der Waals surface area contributed by atoms with Crippen molar-refractivity contribution >= 4 is 34.2 Å². The summed E-state index contributed by atoms with van der Waals surface area (Å²) in [5.41, 5.74) is 0. The van der Waals surface area contributed by atoms with Crippen molar-refractivity contribution in [2.24, 2.45) is 0 Å². The number of hydrogen-bond acceptors (Lipinski definition) is 3. The third kappa shape index (κ3) is 2.11. The zero-order valence-corrected chi connectivity index (χ0v) is 9.75. The van der Waals surface area contributed by atoms with Crippen LogP contribution in [0.2, 0.25) is 5.15 Å². The average molecular weight is 311 g/mol. The van der Waals surface area contributed by atoms with Crippen molar-refractivity contribution in [3.63, 3.8) is 0 Å². The number of hydrogen-bond donors (Lipinski definition) is 0. The first-order valence-electron chi connectivity index (χ1n) is 4.07. The van der Waals surface area contributed by atoms with Gasteiger partial charge in [0.2, 0.25) is 0 Å². The molecule has 1 fully saturated rings. The normalized spacial score (nSPS) is 22.2. The zero-order valence-electron chi connectivity index (χ0n) is 6.83. The smallest absolute Gasteiger partial charge is 0.158 e. The fraction of sp³-hybridized carbons (Fsp3) is 0.500. The van der Waals surface area contributed by atoms with Gasteiger partial charge in [-0.3, -0.25) is 0 Å². The van der Waals surface area contributed by atoms with E-state index in [1.807, 2.05) is 0 Å². The molecule has 2 rings (SSSR count). The Labute approximate surface area is 95.0 Å². The molecule has 1 aromatic rings. The van der Waals surface area contributed by atoms with Gasteiger partial charge in [0.15, 0.2) is 5.82 Å². The fourth-order valence-electron chi connectivity index (χ4n) is 1.30. The van der Waals surface area contributed by atoms with E-state index in [0.29, 0.717) is 11.0 Å². The Morgan fingerprint density at radius 2 is 2.46 bits per heavy atom. The SMILES string of the molecule is Clc1nc(C2CCCO2)ncc1I. The molecule has 0 aliphatic carbocycles. The summed E-state index contributed by atoms with van der Waals surface area (Å²) in [4.78, 5) is 8.37. The minimum atomic E-state index is 0.0505. The standard InChI is InChI=1S/C8H8ClIN2O/c9-7-5(10)4-11-8(12-7)6-2-1-3-13-6/h4,6H,1-3H2. The lowest BCUT2D eigenvalue weighted by Gasteiger charge is -2.07. The summed E-state index contributed by atoms with van der Waals surface area (Å²) < 4.78 is 6.32. The van der Waals surface area contributed by atoms with Gasteiger partial charge in [0, 0.05) is 12.8 Å². The maximum atomic E-state index is 5.88. The van der Waals surface area contributed by atoms with E-state index in [1.54, 1.807) is 6.20 Å². The molecule has 0 aromatic carbocycles. The predicted octanol–water partition coefficient (Wildman–Crippen LogP) is 2.59. The van der Waals surface area contributed by atoms with Gasteiger partial charge in [0.1, 0.15) is 11.3 Å². The molecule has 0 radical (unpaired) electrons. The molecule has 13 heavy (non-hydrogen) atoms. The molecule has 0 spiro atoms. The second-order valence-electron chi connectivity index (χ2n) is 2.87. The van der Waals surface area contributed by atoms with Crippen molar-refractivity contribution in [3.05, 3.63) is 20.7 Å². The topological polar surface area (TPSA) is 35.0 Å². The van der Waals surface area contributed by atoms with Gasteiger partial charge in [-0.1, -0.05) is 11.6 Å². The summed E-state index contributed by atoms with van der Waals surface area (Å²) in [6.45, 7) is 0.803. The van der Waals surface area contributed by atoms with Crippen LogP contribution in [0.5, 0.6) is 0 Å². The van der Waals surface area contributed by atoms with Gasteiger partial charge in [-0.2, -0.15) is 0 Å². The number of aromatic nitrogens is 2. The monoisotopic (exact) mass is 310 g/mol. The number of rotatable bonds is 1. The molecule has 0 N–H and O–H groups in total. The molecule has 1 unspecified atom stereocenters. The second kappa shape index (κ2) is 4.06. The Bertz CT molecular complexity index is 315. The predicted molar refractivity (Wildman–Crippen MR) is 57.7 cm³/mol. The Morgan fingerprint density at radius 1 is 1.62 bits per heavy atom. The molecule has 1 atom stereocenters. The van der Waals surface area contributed by atoms with Crippen LogP contribution in [0, 0.1) is 3.57 Å². The molecule has 5 heteroatoms. The molecule has 0 saturated carbocycles. The number of nitrogens with zero attached hydrogens (tertiary/aromatic N) is 2. The van der Waals surface area contributed by atoms with Crippen LogP contribution in [0.4, 0.5) is 0 Å². The highest BCUT2D eigenvalue weighted by Crippen LogP contribution is 2.27. The molecular formula is C8H8ClIN2O. The van der Waals surface area contributed by atoms with E-state index in [9.17, 15) is 0 Å². The Morgan fingerprint density at radius 3 is 3.08 bits per heavy atom. The summed E-state index contributed by atoms with van der Waals surface area (Å²) in [7, 11) is 0. The van der Waals surface area contributed by atoms with Crippen molar-refractivity contribution in [1.29, 1.82) is 0 Å². The van der Waals surface area contributed by atoms with E-state index in [0.717, 1.165) is 23.0 Å². The van der Waals surface area contributed by atoms with Crippen molar-refractivity contribution in [2.75, 3.05) is 6.61 Å². The Hall–Kier alpha value is 0.0600. The largest absolute Gasteiger partial charge is 0.370 e. The van der Waals surface area contributed by atoms with Crippen LogP contribution in [0.3, 0.4) is 0 Å². The minimum absolute atomic E-state index is 0.0505. The van der Waals surface area contributed by atoms with E-state index in [2.05, 4.69) is 32.6 Å². The van der Waals surface area contributed by atoms with Gasteiger partial charge in [-0.25, -0.2) is 9.97 Å². The molecular weight excluding hydrogens is 302 g/mol. The van der Waals surface area contributed by atoms with E-state index < -0.39 is 0 Å². The van der Waals surface area contributed by atoms with Crippen LogP contribution in [0.25, 0.3) is 0 Å². The average Bonchev–Trinajstić information content (AvgIpc) is 2.62. The Balaban J connectivity index is 2.25. The first-order valence-corrected chi connectivity index (χ1v) is 5.52.